The van der Waals surface area contributed by atoms with Crippen LogP contribution in [-0.2, 0) is 16.6 Å². The summed E-state index contributed by atoms with van der Waals surface area (Å²) >= 11 is 6.17. The van der Waals surface area contributed by atoms with E-state index in [-0.39, 0.29) is 22.3 Å². The lowest BCUT2D eigenvalue weighted by atomic mass is 10.1. The van der Waals surface area contributed by atoms with Crippen LogP contribution in [0.1, 0.15) is 41.9 Å². The lowest BCUT2D eigenvalue weighted by molar-refractivity contribution is 0.0977. The van der Waals surface area contributed by atoms with E-state index in [1.807, 2.05) is 4.72 Å². The van der Waals surface area contributed by atoms with Crippen molar-refractivity contribution in [2.24, 2.45) is 5.92 Å². The molecule has 3 aromatic rings. The molecule has 11 heteroatoms. The Kier molecular flexibility index (Phi) is 7.82. The standard InChI is InChI=1S/C24H23ClFN3O5S/c25-20-12-19(21(26)13-22(20)34-14-16-4-1-2-5-16)24(30)29-35(31,32)18-8-6-17(7-9-18)33-15-23-27-10-3-11-28-23/h3,6-13,16H,1-2,4-5,14-15H2,(H,29,30). The van der Waals surface area contributed by atoms with Crippen LogP contribution >= 0.6 is 11.6 Å². The molecule has 0 atom stereocenters. The predicted octanol–water partition coefficient (Wildman–Crippen LogP) is 4.54. The number of halogens is 2. The molecule has 0 radical (unpaired) electrons. The highest BCUT2D eigenvalue weighted by molar-refractivity contribution is 7.90. The molecule has 2 aromatic carbocycles. The third kappa shape index (κ3) is 6.46. The van der Waals surface area contributed by atoms with Gasteiger partial charge in [0.15, 0.2) is 5.82 Å². The van der Waals surface area contributed by atoms with E-state index >= 15 is 0 Å². The van der Waals surface area contributed by atoms with Crippen LogP contribution in [0.5, 0.6) is 11.5 Å². The molecule has 4 rings (SSSR count). The van der Waals surface area contributed by atoms with Gasteiger partial charge in [-0.25, -0.2) is 27.5 Å². The first-order valence-corrected chi connectivity index (χ1v) is 12.9. The Hall–Kier alpha value is -3.24. The number of nitrogens with one attached hydrogen (secondary N) is 1. The van der Waals surface area contributed by atoms with Gasteiger partial charge in [0.1, 0.15) is 23.9 Å². The Balaban J connectivity index is 1.39. The molecule has 0 spiro atoms. The summed E-state index contributed by atoms with van der Waals surface area (Å²) in [6.45, 7) is 0.515. The fraction of sp³-hybridized carbons (Fsp3) is 0.292. The van der Waals surface area contributed by atoms with E-state index in [1.165, 1.54) is 24.3 Å². The van der Waals surface area contributed by atoms with Crippen molar-refractivity contribution >= 4 is 27.5 Å². The maximum atomic E-state index is 14.6. The smallest absolute Gasteiger partial charge is 0.268 e. The molecule has 1 amide bonds. The first-order chi connectivity index (χ1) is 16.8. The van der Waals surface area contributed by atoms with Crippen molar-refractivity contribution in [3.8, 4) is 11.5 Å². The Bertz CT molecular complexity index is 1280. The lowest BCUT2D eigenvalue weighted by Gasteiger charge is -2.14. The fourth-order valence-corrected chi connectivity index (χ4v) is 4.89. The number of amides is 1. The molecule has 1 fully saturated rings. The minimum atomic E-state index is -4.27. The molecule has 184 valence electrons. The zero-order valence-corrected chi connectivity index (χ0v) is 20.2. The monoisotopic (exact) mass is 519 g/mol. The number of benzene rings is 2. The van der Waals surface area contributed by atoms with Crippen molar-refractivity contribution in [2.45, 2.75) is 37.2 Å². The SMILES string of the molecule is O=C(NS(=O)(=O)c1ccc(OCc2ncccn2)cc1)c1cc(Cl)c(OCC2CCCC2)cc1F. The van der Waals surface area contributed by atoms with Crippen molar-refractivity contribution in [3.05, 3.63) is 77.1 Å². The van der Waals surface area contributed by atoms with E-state index < -0.39 is 27.3 Å². The van der Waals surface area contributed by atoms with Crippen LogP contribution in [0, 0.1) is 11.7 Å². The Morgan fingerprint density at radius 3 is 2.46 bits per heavy atom. The average Bonchev–Trinajstić information content (AvgIpc) is 3.37. The van der Waals surface area contributed by atoms with Crippen molar-refractivity contribution in [2.75, 3.05) is 6.61 Å². The van der Waals surface area contributed by atoms with Crippen LogP contribution in [0.2, 0.25) is 5.02 Å². The van der Waals surface area contributed by atoms with E-state index in [1.54, 1.807) is 18.5 Å². The Labute approximate surface area is 207 Å². The van der Waals surface area contributed by atoms with E-state index in [2.05, 4.69) is 9.97 Å². The van der Waals surface area contributed by atoms with Gasteiger partial charge >= 0.3 is 0 Å². The minimum absolute atomic E-state index is 0.0239. The number of rotatable bonds is 9. The maximum absolute atomic E-state index is 14.6. The largest absolute Gasteiger partial charge is 0.492 e. The Morgan fingerprint density at radius 1 is 1.09 bits per heavy atom. The van der Waals surface area contributed by atoms with Gasteiger partial charge in [0.05, 0.1) is 22.1 Å². The predicted molar refractivity (Wildman–Crippen MR) is 126 cm³/mol. The molecule has 1 N–H and O–H groups in total. The summed E-state index contributed by atoms with van der Waals surface area (Å²) in [4.78, 5) is 20.4. The van der Waals surface area contributed by atoms with Gasteiger partial charge in [-0.3, -0.25) is 4.79 Å². The number of nitrogens with zero attached hydrogens (tertiary/aromatic N) is 2. The second kappa shape index (κ2) is 11.0. The summed E-state index contributed by atoms with van der Waals surface area (Å²) in [5.74, 6) is -0.720. The van der Waals surface area contributed by atoms with E-state index in [0.717, 1.165) is 37.8 Å². The molecule has 0 unspecified atom stereocenters. The van der Waals surface area contributed by atoms with E-state index in [4.69, 9.17) is 21.1 Å². The Morgan fingerprint density at radius 2 is 1.77 bits per heavy atom. The van der Waals surface area contributed by atoms with Gasteiger partial charge in [-0.1, -0.05) is 24.4 Å². The molecular weight excluding hydrogens is 497 g/mol. The van der Waals surface area contributed by atoms with Crippen LogP contribution < -0.4 is 14.2 Å². The van der Waals surface area contributed by atoms with Crippen LogP contribution in [0.3, 0.4) is 0 Å². The summed E-state index contributed by atoms with van der Waals surface area (Å²) in [6.07, 6.45) is 7.54. The van der Waals surface area contributed by atoms with Crippen molar-refractivity contribution in [1.82, 2.24) is 14.7 Å². The highest BCUT2D eigenvalue weighted by Crippen LogP contribution is 2.31. The summed E-state index contributed by atoms with van der Waals surface area (Å²) in [5.41, 5.74) is -0.505. The van der Waals surface area contributed by atoms with Gasteiger partial charge in [-0.05, 0) is 55.2 Å². The van der Waals surface area contributed by atoms with Gasteiger partial charge in [-0.15, -0.1) is 0 Å². The van der Waals surface area contributed by atoms with Crippen molar-refractivity contribution in [3.63, 3.8) is 0 Å². The molecule has 1 heterocycles. The van der Waals surface area contributed by atoms with Gasteiger partial charge in [0, 0.05) is 18.5 Å². The van der Waals surface area contributed by atoms with Crippen LogP contribution in [0.4, 0.5) is 4.39 Å². The second-order valence-corrected chi connectivity index (χ2v) is 10.2. The average molecular weight is 520 g/mol. The minimum Gasteiger partial charge on any atom is -0.492 e. The van der Waals surface area contributed by atoms with Gasteiger partial charge in [0.2, 0.25) is 0 Å². The third-order valence-electron chi connectivity index (χ3n) is 5.56. The molecule has 1 aliphatic carbocycles. The number of aromatic nitrogens is 2. The first-order valence-electron chi connectivity index (χ1n) is 11.0. The highest BCUT2D eigenvalue weighted by Gasteiger charge is 2.23. The van der Waals surface area contributed by atoms with Crippen molar-refractivity contribution < 1.29 is 27.1 Å². The highest BCUT2D eigenvalue weighted by atomic mass is 35.5. The molecule has 1 aromatic heterocycles. The quantitative estimate of drug-likeness (QED) is 0.442. The zero-order valence-electron chi connectivity index (χ0n) is 18.6. The van der Waals surface area contributed by atoms with Crippen LogP contribution in [0.15, 0.2) is 59.8 Å². The second-order valence-electron chi connectivity index (χ2n) is 8.08. The normalized spacial score (nSPS) is 14.0. The van der Waals surface area contributed by atoms with Gasteiger partial charge in [-0.2, -0.15) is 0 Å². The van der Waals surface area contributed by atoms with E-state index in [9.17, 15) is 17.6 Å². The lowest BCUT2D eigenvalue weighted by Crippen LogP contribution is -2.31. The molecule has 35 heavy (non-hydrogen) atoms. The third-order valence-corrected chi connectivity index (χ3v) is 7.21. The molecule has 1 aliphatic rings. The molecule has 0 bridgehead atoms. The summed E-state index contributed by atoms with van der Waals surface area (Å²) in [7, 11) is -4.27. The fourth-order valence-electron chi connectivity index (χ4n) is 3.70. The topological polar surface area (TPSA) is 107 Å². The number of hydrogen-bond acceptors (Lipinski definition) is 7. The summed E-state index contributed by atoms with van der Waals surface area (Å²) < 4.78 is 52.9. The summed E-state index contributed by atoms with van der Waals surface area (Å²) in [5, 5.41) is 0.0239. The number of sulfonamides is 1. The number of hydrogen-bond donors (Lipinski definition) is 1. The van der Waals surface area contributed by atoms with Crippen LogP contribution in [-0.4, -0.2) is 30.9 Å². The zero-order chi connectivity index (χ0) is 24.8. The molecule has 8 nitrogen and oxygen atoms in total. The van der Waals surface area contributed by atoms with Gasteiger partial charge < -0.3 is 9.47 Å². The number of ether oxygens (including phenoxy) is 2. The van der Waals surface area contributed by atoms with Gasteiger partial charge in [0.25, 0.3) is 15.9 Å². The molecule has 0 saturated heterocycles. The molecular formula is C24H23ClFN3O5S. The molecule has 1 saturated carbocycles. The van der Waals surface area contributed by atoms with Crippen LogP contribution in [0.25, 0.3) is 0 Å². The van der Waals surface area contributed by atoms with Crippen molar-refractivity contribution in [1.29, 1.82) is 0 Å². The maximum Gasteiger partial charge on any atom is 0.268 e. The summed E-state index contributed by atoms with van der Waals surface area (Å²) in [6, 6.07) is 9.12. The first kappa shape index (κ1) is 24.9. The number of carbonyl (C=O) groups is 1. The molecule has 0 aliphatic heterocycles. The number of carbonyl (C=O) groups excluding carboxylic acids is 1. The van der Waals surface area contributed by atoms with E-state index in [0.29, 0.717) is 24.1 Å².